The van der Waals surface area contributed by atoms with E-state index in [1.165, 1.54) is 116 Å². The van der Waals surface area contributed by atoms with Gasteiger partial charge in [0, 0.05) is 19.3 Å². The van der Waals surface area contributed by atoms with Crippen LogP contribution >= 0.6 is 7.82 Å². The molecule has 0 radical (unpaired) electrons. The van der Waals surface area contributed by atoms with E-state index in [9.17, 15) is 28.9 Å². The van der Waals surface area contributed by atoms with Gasteiger partial charge in [-0.3, -0.25) is 23.4 Å². The highest BCUT2D eigenvalue weighted by Gasteiger charge is 2.28. The largest absolute Gasteiger partial charge is 0.472 e. The van der Waals surface area contributed by atoms with Crippen LogP contribution in [0.4, 0.5) is 0 Å². The Hall–Kier alpha value is -2.82. The lowest BCUT2D eigenvalue weighted by atomic mass is 10.0. The van der Waals surface area contributed by atoms with Gasteiger partial charge in [0.25, 0.3) is 0 Å². The topological polar surface area (TPSA) is 155 Å². The number of aliphatic hydroxyl groups is 1. The normalized spacial score (nSPS) is 13.8. The van der Waals surface area contributed by atoms with Crippen molar-refractivity contribution in [1.82, 2.24) is 0 Å². The van der Waals surface area contributed by atoms with Crippen molar-refractivity contribution < 1.29 is 52.2 Å². The number of rotatable bonds is 54. The average molecular weight is 1040 g/mol. The summed E-state index contributed by atoms with van der Waals surface area (Å²) < 4.78 is 39.5. The molecule has 0 spiro atoms. The second-order valence-corrected chi connectivity index (χ2v) is 20.9. The minimum Gasteiger partial charge on any atom is -0.462 e. The molecule has 3 unspecified atom stereocenters. The first kappa shape index (κ1) is 69.2. The molecule has 0 aromatic heterocycles. The van der Waals surface area contributed by atoms with Crippen molar-refractivity contribution in [3.63, 3.8) is 0 Å². The van der Waals surface area contributed by atoms with E-state index in [0.717, 1.165) is 89.9 Å². The van der Waals surface area contributed by atoms with E-state index in [2.05, 4.69) is 81.5 Å². The molecule has 0 aromatic carbocycles. The van der Waals surface area contributed by atoms with Crippen LogP contribution in [0.15, 0.2) is 60.8 Å². The molecule has 0 rings (SSSR count). The van der Waals surface area contributed by atoms with Crippen LogP contribution in [0.5, 0.6) is 0 Å². The maximum Gasteiger partial charge on any atom is 0.472 e. The fraction of sp³-hybridized carbons (Fsp3) is 0.783. The Labute approximate surface area is 440 Å². The predicted octanol–water partition coefficient (Wildman–Crippen LogP) is 17.1. The minimum atomic E-state index is -4.75. The molecule has 0 saturated carbocycles. The Morgan fingerprint density at radius 2 is 0.722 bits per heavy atom. The van der Waals surface area contributed by atoms with Gasteiger partial charge in [-0.15, -0.1) is 0 Å². The number of carbonyl (C=O) groups excluding carboxylic acids is 3. The first-order chi connectivity index (χ1) is 35.2. The fourth-order valence-electron chi connectivity index (χ4n) is 8.03. The van der Waals surface area contributed by atoms with Crippen molar-refractivity contribution >= 4 is 25.7 Å². The smallest absolute Gasteiger partial charge is 0.462 e. The highest BCUT2D eigenvalue weighted by molar-refractivity contribution is 7.47. The summed E-state index contributed by atoms with van der Waals surface area (Å²) in [6, 6.07) is 0. The van der Waals surface area contributed by atoms with Gasteiger partial charge in [-0.1, -0.05) is 242 Å². The number of phosphoric ester groups is 1. The van der Waals surface area contributed by atoms with Crippen molar-refractivity contribution in [1.29, 1.82) is 0 Å². The first-order valence-electron chi connectivity index (χ1n) is 29.2. The van der Waals surface area contributed by atoms with Crippen molar-refractivity contribution in [2.24, 2.45) is 0 Å². The molecule has 72 heavy (non-hydrogen) atoms. The molecule has 0 aliphatic heterocycles. The van der Waals surface area contributed by atoms with Gasteiger partial charge in [-0.2, -0.15) is 0 Å². The number of aliphatic hydroxyl groups excluding tert-OH is 1. The summed E-state index contributed by atoms with van der Waals surface area (Å²) in [5.41, 5.74) is 0. The molecule has 0 aromatic rings. The molecule has 0 aliphatic carbocycles. The third-order valence-corrected chi connectivity index (χ3v) is 13.4. The molecule has 0 aliphatic rings. The maximum atomic E-state index is 12.9. The van der Waals surface area contributed by atoms with Crippen LogP contribution in [0, 0.1) is 0 Å². The maximum absolute atomic E-state index is 12.9. The van der Waals surface area contributed by atoms with E-state index >= 15 is 0 Å². The van der Waals surface area contributed by atoms with Gasteiger partial charge in [0.2, 0.25) is 0 Å². The van der Waals surface area contributed by atoms with Crippen LogP contribution < -0.4 is 0 Å². The van der Waals surface area contributed by atoms with Crippen LogP contribution in [0.3, 0.4) is 0 Å². The summed E-state index contributed by atoms with van der Waals surface area (Å²) in [5.74, 6) is -1.49. The molecule has 12 heteroatoms. The molecular formula is C60H107O11P. The number of esters is 3. The van der Waals surface area contributed by atoms with E-state index in [1.54, 1.807) is 0 Å². The highest BCUT2D eigenvalue weighted by atomic mass is 31.2. The number of unbranched alkanes of at least 4 members (excludes halogenated alkanes) is 27. The van der Waals surface area contributed by atoms with E-state index in [4.69, 9.17) is 23.3 Å². The SMILES string of the molecule is CC/C=C\C/C=C\C/C=C\C/C=C\C/C=C\CCCCCC(=O)OC(COC(=O)CCCCCCCCCCCCCCCCC)COP(=O)(O)OCC(CO)OC(=O)CCCCCCCCCCCCC. The molecule has 0 heterocycles. The lowest BCUT2D eigenvalue weighted by Gasteiger charge is -2.21. The molecule has 2 N–H and O–H groups in total. The van der Waals surface area contributed by atoms with E-state index in [-0.39, 0.29) is 25.9 Å². The monoisotopic (exact) mass is 1030 g/mol. The fourth-order valence-corrected chi connectivity index (χ4v) is 8.81. The van der Waals surface area contributed by atoms with Crippen LogP contribution in [0.25, 0.3) is 0 Å². The summed E-state index contributed by atoms with van der Waals surface area (Å²) in [7, 11) is -4.75. The van der Waals surface area contributed by atoms with Gasteiger partial charge < -0.3 is 24.2 Å². The third-order valence-electron chi connectivity index (χ3n) is 12.5. The van der Waals surface area contributed by atoms with E-state index in [1.807, 2.05) is 0 Å². The van der Waals surface area contributed by atoms with Crippen LogP contribution in [0.2, 0.25) is 0 Å². The number of ether oxygens (including phenoxy) is 3. The predicted molar refractivity (Wildman–Crippen MR) is 298 cm³/mol. The Kier molecular flexibility index (Phi) is 52.3. The van der Waals surface area contributed by atoms with Gasteiger partial charge in [0.15, 0.2) is 6.10 Å². The van der Waals surface area contributed by atoms with Crippen LogP contribution in [-0.2, 0) is 42.2 Å². The van der Waals surface area contributed by atoms with Crippen molar-refractivity contribution in [3.05, 3.63) is 60.8 Å². The third kappa shape index (κ3) is 52.1. The number of phosphoric acid groups is 1. The van der Waals surface area contributed by atoms with Gasteiger partial charge in [-0.05, 0) is 64.2 Å². The zero-order chi connectivity index (χ0) is 52.7. The Morgan fingerprint density at radius 1 is 0.403 bits per heavy atom. The quantitative estimate of drug-likeness (QED) is 0.0197. The summed E-state index contributed by atoms with van der Waals surface area (Å²) >= 11 is 0. The molecule has 11 nitrogen and oxygen atoms in total. The van der Waals surface area contributed by atoms with Gasteiger partial charge in [-0.25, -0.2) is 4.57 Å². The van der Waals surface area contributed by atoms with E-state index < -0.39 is 57.8 Å². The standard InChI is InChI=1S/C60H107O11P/c1-4-7-10-13-16-19-22-24-26-27-28-29-31-33-36-39-42-45-48-51-60(64)71-57(53-67-58(62)49-46-43-40-37-35-32-30-25-23-20-17-14-11-8-5-2)55-69-72(65,66)68-54-56(52-61)70-59(63)50-47-44-41-38-34-21-18-15-12-9-6-3/h7,10,16,19,24,26,28-29,33,36,56-57,61H,4-6,8-9,11-15,17-18,20-23,25,27,30-32,34-35,37-55H2,1-3H3,(H,65,66)/b10-7-,19-16-,26-24-,29-28-,36-33-. The second kappa shape index (κ2) is 54.4. The van der Waals surface area contributed by atoms with Gasteiger partial charge in [0.1, 0.15) is 12.7 Å². The van der Waals surface area contributed by atoms with Gasteiger partial charge >= 0.3 is 25.7 Å². The summed E-state index contributed by atoms with van der Waals surface area (Å²) in [5, 5.41) is 9.79. The Balaban J connectivity index is 4.77. The van der Waals surface area contributed by atoms with Crippen LogP contribution in [0.1, 0.15) is 265 Å². The van der Waals surface area contributed by atoms with Crippen molar-refractivity contribution in [2.45, 2.75) is 277 Å². The number of hydrogen-bond donors (Lipinski definition) is 2. The van der Waals surface area contributed by atoms with Gasteiger partial charge in [0.05, 0.1) is 19.8 Å². The molecule has 0 saturated heterocycles. The zero-order valence-corrected chi connectivity index (χ0v) is 47.0. The highest BCUT2D eigenvalue weighted by Crippen LogP contribution is 2.43. The average Bonchev–Trinajstić information content (AvgIpc) is 3.37. The molecular weight excluding hydrogens is 928 g/mol. The minimum absolute atomic E-state index is 0.130. The van der Waals surface area contributed by atoms with Crippen molar-refractivity contribution in [3.8, 4) is 0 Å². The lowest BCUT2D eigenvalue weighted by Crippen LogP contribution is -2.30. The van der Waals surface area contributed by atoms with Crippen molar-refractivity contribution in [2.75, 3.05) is 26.4 Å². The summed E-state index contributed by atoms with van der Waals surface area (Å²) in [6.07, 6.45) is 58.9. The number of carbonyl (C=O) groups is 3. The second-order valence-electron chi connectivity index (χ2n) is 19.4. The molecule has 418 valence electrons. The summed E-state index contributed by atoms with van der Waals surface area (Å²) in [6.45, 7) is 4.51. The number of hydrogen-bond acceptors (Lipinski definition) is 10. The first-order valence-corrected chi connectivity index (χ1v) is 30.7. The molecule has 3 atom stereocenters. The Bertz CT molecular complexity index is 1440. The molecule has 0 bridgehead atoms. The Morgan fingerprint density at radius 3 is 1.11 bits per heavy atom. The number of allylic oxidation sites excluding steroid dienone is 10. The zero-order valence-electron chi connectivity index (χ0n) is 46.1. The molecule has 0 fully saturated rings. The lowest BCUT2D eigenvalue weighted by molar-refractivity contribution is -0.161. The molecule has 0 amide bonds. The summed E-state index contributed by atoms with van der Waals surface area (Å²) in [4.78, 5) is 48.5. The van der Waals surface area contributed by atoms with Crippen LogP contribution in [-0.4, -0.2) is 66.5 Å². The van der Waals surface area contributed by atoms with E-state index in [0.29, 0.717) is 19.3 Å².